The van der Waals surface area contributed by atoms with Crippen LogP contribution in [0.4, 0.5) is 5.95 Å². The molecule has 0 fully saturated rings. The number of nitrogens with two attached hydrogens (primary N) is 1. The predicted molar refractivity (Wildman–Crippen MR) is 71.6 cm³/mol. The van der Waals surface area contributed by atoms with Crippen molar-refractivity contribution in [1.29, 1.82) is 0 Å². The fourth-order valence-corrected chi connectivity index (χ4v) is 2.52. The lowest BCUT2D eigenvalue weighted by molar-refractivity contribution is -0.115. The summed E-state index contributed by atoms with van der Waals surface area (Å²) in [5, 5.41) is 11.5. The van der Waals surface area contributed by atoms with E-state index in [1.807, 2.05) is 17.7 Å². The van der Waals surface area contributed by atoms with Crippen molar-refractivity contribution in [3.05, 3.63) is 35.6 Å². The lowest BCUT2D eigenvalue weighted by atomic mass is 9.99. The van der Waals surface area contributed by atoms with Gasteiger partial charge in [0.15, 0.2) is 0 Å². The van der Waals surface area contributed by atoms with E-state index < -0.39 is 11.9 Å². The summed E-state index contributed by atoms with van der Waals surface area (Å²) in [7, 11) is 0. The number of allylic oxidation sites excluding steroid dienone is 1. The van der Waals surface area contributed by atoms with Crippen LogP contribution in [0.25, 0.3) is 0 Å². The Morgan fingerprint density at radius 2 is 2.30 bits per heavy atom. The first-order valence-electron chi connectivity index (χ1n) is 6.32. The van der Waals surface area contributed by atoms with Gasteiger partial charge in [-0.15, -0.1) is 0 Å². The van der Waals surface area contributed by atoms with Gasteiger partial charge in [-0.05, 0) is 19.9 Å². The maximum absolute atomic E-state index is 11.8. The van der Waals surface area contributed by atoms with Gasteiger partial charge in [0.2, 0.25) is 11.9 Å². The van der Waals surface area contributed by atoms with Gasteiger partial charge in [-0.1, -0.05) is 0 Å². The summed E-state index contributed by atoms with van der Waals surface area (Å²) in [6.45, 7) is 4.49. The van der Waals surface area contributed by atoms with Crippen LogP contribution in [0.1, 0.15) is 25.6 Å². The van der Waals surface area contributed by atoms with E-state index in [-0.39, 0.29) is 0 Å². The Kier molecular flexibility index (Phi) is 2.78. The molecule has 3 rings (SSSR count). The van der Waals surface area contributed by atoms with Crippen LogP contribution in [0.15, 0.2) is 29.9 Å². The molecule has 3 N–H and O–H groups in total. The lowest BCUT2D eigenvalue weighted by Crippen LogP contribution is -2.33. The Hall–Kier alpha value is -2.64. The van der Waals surface area contributed by atoms with Crippen molar-refractivity contribution in [2.24, 2.45) is 5.73 Å². The maximum atomic E-state index is 11.8. The fourth-order valence-electron chi connectivity index (χ4n) is 2.52. The number of nitrogens with one attached hydrogen (secondary N) is 1. The number of anilines is 1. The number of nitrogens with zero attached hydrogens (tertiary/aromatic N) is 5. The average Bonchev–Trinajstić information content (AvgIpc) is 3.04. The predicted octanol–water partition coefficient (Wildman–Crippen LogP) is 0.269. The molecule has 0 spiro atoms. The number of fused-ring (bicyclic) bond motifs is 1. The van der Waals surface area contributed by atoms with Crippen LogP contribution in [0.3, 0.4) is 0 Å². The van der Waals surface area contributed by atoms with Gasteiger partial charge in [-0.2, -0.15) is 15.2 Å². The van der Waals surface area contributed by atoms with E-state index in [2.05, 4.69) is 20.5 Å². The third-order valence-corrected chi connectivity index (χ3v) is 3.39. The molecule has 0 aliphatic carbocycles. The molecule has 3 heterocycles. The van der Waals surface area contributed by atoms with Gasteiger partial charge in [0.1, 0.15) is 12.4 Å². The minimum atomic E-state index is -0.481. The van der Waals surface area contributed by atoms with Crippen molar-refractivity contribution in [2.45, 2.75) is 26.4 Å². The molecule has 0 radical (unpaired) electrons. The minimum Gasteiger partial charge on any atom is -0.366 e. The summed E-state index contributed by atoms with van der Waals surface area (Å²) in [6, 6.07) is 1.45. The standard InChI is InChI=1S/C12H15N7O/c1-3-18-8(4-5-15-18)10-9(11(13)20)7(2)17-12-14-6-16-19(10)12/h4-6,10H,3H2,1-2H3,(H2,13,20)(H,14,16,17)/t10-/m1/s1. The van der Waals surface area contributed by atoms with Gasteiger partial charge < -0.3 is 11.1 Å². The number of rotatable bonds is 3. The highest BCUT2D eigenvalue weighted by atomic mass is 16.1. The molecule has 0 aromatic carbocycles. The van der Waals surface area contributed by atoms with Crippen LogP contribution in [0, 0.1) is 0 Å². The van der Waals surface area contributed by atoms with Crippen molar-refractivity contribution in [3.8, 4) is 0 Å². The van der Waals surface area contributed by atoms with E-state index in [9.17, 15) is 4.79 Å². The second-order valence-corrected chi connectivity index (χ2v) is 4.53. The third-order valence-electron chi connectivity index (χ3n) is 3.39. The first-order valence-corrected chi connectivity index (χ1v) is 6.32. The average molecular weight is 273 g/mol. The minimum absolute atomic E-state index is 0.409. The third kappa shape index (κ3) is 1.68. The zero-order chi connectivity index (χ0) is 14.3. The molecule has 20 heavy (non-hydrogen) atoms. The molecule has 2 aromatic heterocycles. The van der Waals surface area contributed by atoms with E-state index in [1.165, 1.54) is 6.33 Å². The highest BCUT2D eigenvalue weighted by Gasteiger charge is 2.33. The Morgan fingerprint density at radius 1 is 1.50 bits per heavy atom. The van der Waals surface area contributed by atoms with Crippen LogP contribution in [0.2, 0.25) is 0 Å². The smallest absolute Gasteiger partial charge is 0.248 e. The SMILES string of the molecule is CCn1nccc1[C@@H]1C(C(N)=O)=C(C)Nc2ncnn21. The summed E-state index contributed by atoms with van der Waals surface area (Å²) in [5.74, 6) is 0.103. The number of aryl methyl sites for hydroxylation is 1. The molecule has 1 aliphatic rings. The molecule has 1 amide bonds. The molecule has 1 aliphatic heterocycles. The quantitative estimate of drug-likeness (QED) is 0.835. The van der Waals surface area contributed by atoms with E-state index in [0.29, 0.717) is 23.8 Å². The molecule has 0 bridgehead atoms. The number of aromatic nitrogens is 5. The zero-order valence-corrected chi connectivity index (χ0v) is 11.2. The Bertz CT molecular complexity index is 696. The van der Waals surface area contributed by atoms with E-state index in [0.717, 1.165) is 5.69 Å². The number of primary amides is 1. The molecular weight excluding hydrogens is 258 g/mol. The number of hydrogen-bond acceptors (Lipinski definition) is 5. The highest BCUT2D eigenvalue weighted by Crippen LogP contribution is 2.33. The summed E-state index contributed by atoms with van der Waals surface area (Å²) in [6.07, 6.45) is 3.14. The number of carbonyl (C=O) groups is 1. The normalized spacial score (nSPS) is 17.8. The van der Waals surface area contributed by atoms with Gasteiger partial charge in [-0.3, -0.25) is 9.48 Å². The first kappa shape index (κ1) is 12.4. The summed E-state index contributed by atoms with van der Waals surface area (Å²) >= 11 is 0. The highest BCUT2D eigenvalue weighted by molar-refractivity contribution is 5.95. The number of amides is 1. The van der Waals surface area contributed by atoms with Gasteiger partial charge in [0.25, 0.3) is 0 Å². The summed E-state index contributed by atoms with van der Waals surface area (Å²) in [5.41, 5.74) is 7.56. The second-order valence-electron chi connectivity index (χ2n) is 4.53. The first-order chi connectivity index (χ1) is 9.63. The van der Waals surface area contributed by atoms with Gasteiger partial charge in [-0.25, -0.2) is 4.68 Å². The van der Waals surface area contributed by atoms with Crippen molar-refractivity contribution in [3.63, 3.8) is 0 Å². The van der Waals surface area contributed by atoms with Crippen LogP contribution in [-0.4, -0.2) is 30.5 Å². The van der Waals surface area contributed by atoms with Crippen molar-refractivity contribution < 1.29 is 4.79 Å². The molecule has 1 atom stereocenters. The van der Waals surface area contributed by atoms with Gasteiger partial charge in [0.05, 0.1) is 11.3 Å². The lowest BCUT2D eigenvalue weighted by Gasteiger charge is -2.27. The largest absolute Gasteiger partial charge is 0.366 e. The van der Waals surface area contributed by atoms with Crippen LogP contribution in [-0.2, 0) is 11.3 Å². The van der Waals surface area contributed by atoms with Crippen LogP contribution in [0.5, 0.6) is 0 Å². The molecule has 0 saturated carbocycles. The van der Waals surface area contributed by atoms with Crippen molar-refractivity contribution in [1.82, 2.24) is 24.5 Å². The number of hydrogen-bond donors (Lipinski definition) is 2. The van der Waals surface area contributed by atoms with Crippen LogP contribution < -0.4 is 11.1 Å². The van der Waals surface area contributed by atoms with Crippen molar-refractivity contribution in [2.75, 3.05) is 5.32 Å². The van der Waals surface area contributed by atoms with E-state index in [1.54, 1.807) is 17.8 Å². The van der Waals surface area contributed by atoms with Crippen molar-refractivity contribution >= 4 is 11.9 Å². The monoisotopic (exact) mass is 273 g/mol. The molecule has 0 saturated heterocycles. The van der Waals surface area contributed by atoms with E-state index >= 15 is 0 Å². The Labute approximate surface area is 115 Å². The molecule has 8 heteroatoms. The second kappa shape index (κ2) is 4.48. The van der Waals surface area contributed by atoms with Gasteiger partial charge >= 0.3 is 0 Å². The molecule has 104 valence electrons. The molecule has 0 unspecified atom stereocenters. The van der Waals surface area contributed by atoms with E-state index in [4.69, 9.17) is 5.73 Å². The maximum Gasteiger partial charge on any atom is 0.248 e. The Balaban J connectivity index is 2.22. The molecule has 2 aromatic rings. The summed E-state index contributed by atoms with van der Waals surface area (Å²) < 4.78 is 3.47. The number of carbonyl (C=O) groups excluding carboxylic acids is 1. The van der Waals surface area contributed by atoms with Crippen LogP contribution >= 0.6 is 0 Å². The fraction of sp³-hybridized carbons (Fsp3) is 0.333. The molecular formula is C12H15N7O. The Morgan fingerprint density at radius 3 is 3.00 bits per heavy atom. The van der Waals surface area contributed by atoms with Gasteiger partial charge in [0, 0.05) is 18.4 Å². The topological polar surface area (TPSA) is 104 Å². The zero-order valence-electron chi connectivity index (χ0n) is 11.2. The molecule has 8 nitrogen and oxygen atoms in total. The summed E-state index contributed by atoms with van der Waals surface area (Å²) in [4.78, 5) is 16.0.